The van der Waals surface area contributed by atoms with Crippen LogP contribution >= 0.6 is 0 Å². The zero-order chi connectivity index (χ0) is 11.3. The molecule has 0 aromatic carbocycles. The van der Waals surface area contributed by atoms with Crippen molar-refractivity contribution in [3.63, 3.8) is 0 Å². The van der Waals surface area contributed by atoms with Gasteiger partial charge in [0.2, 0.25) is 0 Å². The van der Waals surface area contributed by atoms with Crippen molar-refractivity contribution < 1.29 is 0 Å². The lowest BCUT2D eigenvalue weighted by molar-refractivity contribution is 0.121. The van der Waals surface area contributed by atoms with Gasteiger partial charge in [0.05, 0.1) is 0 Å². The van der Waals surface area contributed by atoms with E-state index in [9.17, 15) is 0 Å². The summed E-state index contributed by atoms with van der Waals surface area (Å²) in [6, 6.07) is 0.793. The van der Waals surface area contributed by atoms with E-state index in [4.69, 9.17) is 5.73 Å². The Labute approximate surface area is 94.6 Å². The topological polar surface area (TPSA) is 32.5 Å². The van der Waals surface area contributed by atoms with Gasteiger partial charge in [-0.15, -0.1) is 0 Å². The lowest BCUT2D eigenvalue weighted by atomic mass is 10.0. The van der Waals surface area contributed by atoms with E-state index >= 15 is 0 Å². The third-order valence-electron chi connectivity index (χ3n) is 3.28. The van der Waals surface area contributed by atoms with E-state index < -0.39 is 0 Å². The Morgan fingerprint density at radius 2 is 1.93 bits per heavy atom. The van der Waals surface area contributed by atoms with Crippen molar-refractivity contribution in [2.75, 3.05) is 39.8 Å². The normalized spacial score (nSPS) is 20.4. The van der Waals surface area contributed by atoms with Gasteiger partial charge in [-0.1, -0.05) is 13.8 Å². The molecular formula is C12H27N3. The Kier molecular flexibility index (Phi) is 5.58. The van der Waals surface area contributed by atoms with Gasteiger partial charge in [0.1, 0.15) is 0 Å². The highest BCUT2D eigenvalue weighted by Crippen LogP contribution is 2.15. The second-order valence-corrected chi connectivity index (χ2v) is 5.19. The van der Waals surface area contributed by atoms with Crippen LogP contribution in [0.5, 0.6) is 0 Å². The van der Waals surface area contributed by atoms with Crippen molar-refractivity contribution in [3.05, 3.63) is 0 Å². The van der Waals surface area contributed by atoms with Gasteiger partial charge in [-0.05, 0) is 38.9 Å². The fourth-order valence-corrected chi connectivity index (χ4v) is 2.49. The van der Waals surface area contributed by atoms with Crippen molar-refractivity contribution in [2.45, 2.75) is 32.7 Å². The van der Waals surface area contributed by atoms with Gasteiger partial charge < -0.3 is 15.5 Å². The van der Waals surface area contributed by atoms with E-state index in [0.717, 1.165) is 25.0 Å². The zero-order valence-electron chi connectivity index (χ0n) is 10.6. The molecule has 1 aliphatic rings. The van der Waals surface area contributed by atoms with Crippen LogP contribution < -0.4 is 5.73 Å². The van der Waals surface area contributed by atoms with Crippen LogP contribution in [0, 0.1) is 5.92 Å². The largest absolute Gasteiger partial charge is 0.329 e. The standard InChI is InChI=1S/C12H27N3/c1-11(2)10-14(3)12-4-7-15(8-5-12)9-6-13/h11-12H,4-10,13H2,1-3H3. The summed E-state index contributed by atoms with van der Waals surface area (Å²) in [5.41, 5.74) is 5.57. The third kappa shape index (κ3) is 4.49. The molecule has 90 valence electrons. The molecule has 1 rings (SSSR count). The van der Waals surface area contributed by atoms with Crippen LogP contribution in [0.15, 0.2) is 0 Å². The molecule has 0 aromatic rings. The first-order valence-electron chi connectivity index (χ1n) is 6.26. The number of hydrogen-bond acceptors (Lipinski definition) is 3. The van der Waals surface area contributed by atoms with Crippen molar-refractivity contribution in [1.82, 2.24) is 9.80 Å². The summed E-state index contributed by atoms with van der Waals surface area (Å²) in [5.74, 6) is 0.775. The quantitative estimate of drug-likeness (QED) is 0.739. The molecule has 0 amide bonds. The molecule has 1 aliphatic heterocycles. The molecule has 1 fully saturated rings. The lowest BCUT2D eigenvalue weighted by Gasteiger charge is -2.37. The third-order valence-corrected chi connectivity index (χ3v) is 3.28. The summed E-state index contributed by atoms with van der Waals surface area (Å²) in [6.07, 6.45) is 2.62. The molecule has 15 heavy (non-hydrogen) atoms. The average molecular weight is 213 g/mol. The molecule has 1 heterocycles. The monoisotopic (exact) mass is 213 g/mol. The van der Waals surface area contributed by atoms with E-state index in [0.29, 0.717) is 0 Å². The first kappa shape index (κ1) is 12.9. The van der Waals surface area contributed by atoms with Gasteiger partial charge in [0, 0.05) is 25.7 Å². The molecule has 2 N–H and O–H groups in total. The Hall–Kier alpha value is -0.120. The maximum absolute atomic E-state index is 5.57. The highest BCUT2D eigenvalue weighted by molar-refractivity contribution is 4.78. The molecule has 1 saturated heterocycles. The predicted molar refractivity (Wildman–Crippen MR) is 66.0 cm³/mol. The van der Waals surface area contributed by atoms with Crippen LogP contribution in [0.4, 0.5) is 0 Å². The summed E-state index contributed by atoms with van der Waals surface area (Å²) in [5, 5.41) is 0. The summed E-state index contributed by atoms with van der Waals surface area (Å²) in [6.45, 7) is 10.1. The van der Waals surface area contributed by atoms with Gasteiger partial charge in [-0.25, -0.2) is 0 Å². The number of nitrogens with zero attached hydrogens (tertiary/aromatic N) is 2. The summed E-state index contributed by atoms with van der Waals surface area (Å²) >= 11 is 0. The van der Waals surface area contributed by atoms with Crippen LogP contribution in [0.2, 0.25) is 0 Å². The molecule has 0 unspecified atom stereocenters. The number of hydrogen-bond donors (Lipinski definition) is 1. The van der Waals surface area contributed by atoms with Gasteiger partial charge in [-0.2, -0.15) is 0 Å². The smallest absolute Gasteiger partial charge is 0.0117 e. The number of piperidine rings is 1. The maximum Gasteiger partial charge on any atom is 0.0117 e. The number of rotatable bonds is 5. The minimum atomic E-state index is 0.775. The highest BCUT2D eigenvalue weighted by atomic mass is 15.2. The van der Waals surface area contributed by atoms with E-state index in [1.165, 1.54) is 32.5 Å². The Bertz CT molecular complexity index is 162. The van der Waals surface area contributed by atoms with Crippen molar-refractivity contribution >= 4 is 0 Å². The van der Waals surface area contributed by atoms with Gasteiger partial charge in [0.25, 0.3) is 0 Å². The predicted octanol–water partition coefficient (Wildman–Crippen LogP) is 0.997. The van der Waals surface area contributed by atoms with E-state index in [-0.39, 0.29) is 0 Å². The summed E-state index contributed by atoms with van der Waals surface area (Å²) < 4.78 is 0. The molecular weight excluding hydrogens is 186 g/mol. The molecule has 3 heteroatoms. The Balaban J connectivity index is 2.24. The average Bonchev–Trinajstić information content (AvgIpc) is 2.18. The minimum absolute atomic E-state index is 0.775. The van der Waals surface area contributed by atoms with Crippen LogP contribution in [0.3, 0.4) is 0 Å². The Morgan fingerprint density at radius 3 is 2.40 bits per heavy atom. The number of likely N-dealkylation sites (tertiary alicyclic amines) is 1. The van der Waals surface area contributed by atoms with Crippen LogP contribution in [0.1, 0.15) is 26.7 Å². The molecule has 0 aliphatic carbocycles. The van der Waals surface area contributed by atoms with Crippen LogP contribution in [0.25, 0.3) is 0 Å². The van der Waals surface area contributed by atoms with Crippen LogP contribution in [-0.2, 0) is 0 Å². The first-order chi connectivity index (χ1) is 7.13. The first-order valence-corrected chi connectivity index (χ1v) is 6.26. The maximum atomic E-state index is 5.57. The van der Waals surface area contributed by atoms with Gasteiger partial charge in [-0.3, -0.25) is 0 Å². The minimum Gasteiger partial charge on any atom is -0.329 e. The highest BCUT2D eigenvalue weighted by Gasteiger charge is 2.21. The lowest BCUT2D eigenvalue weighted by Crippen LogP contribution is -2.45. The molecule has 0 saturated carbocycles. The fourth-order valence-electron chi connectivity index (χ4n) is 2.49. The molecule has 0 bridgehead atoms. The van der Waals surface area contributed by atoms with Gasteiger partial charge in [0.15, 0.2) is 0 Å². The fraction of sp³-hybridized carbons (Fsp3) is 1.00. The van der Waals surface area contributed by atoms with E-state index in [1.54, 1.807) is 0 Å². The molecule has 0 atom stereocenters. The van der Waals surface area contributed by atoms with Crippen molar-refractivity contribution in [1.29, 1.82) is 0 Å². The Morgan fingerprint density at radius 1 is 1.33 bits per heavy atom. The van der Waals surface area contributed by atoms with Crippen molar-refractivity contribution in [2.24, 2.45) is 11.7 Å². The summed E-state index contributed by atoms with van der Waals surface area (Å²) in [4.78, 5) is 5.02. The second kappa shape index (κ2) is 6.46. The summed E-state index contributed by atoms with van der Waals surface area (Å²) in [7, 11) is 2.27. The molecule has 3 nitrogen and oxygen atoms in total. The second-order valence-electron chi connectivity index (χ2n) is 5.19. The van der Waals surface area contributed by atoms with Crippen LogP contribution in [-0.4, -0.2) is 55.6 Å². The number of nitrogens with two attached hydrogens (primary N) is 1. The molecule has 0 aromatic heterocycles. The molecule has 0 radical (unpaired) electrons. The zero-order valence-corrected chi connectivity index (χ0v) is 10.6. The van der Waals surface area contributed by atoms with E-state index in [2.05, 4.69) is 30.7 Å². The van der Waals surface area contributed by atoms with Crippen molar-refractivity contribution in [3.8, 4) is 0 Å². The SMILES string of the molecule is CC(C)CN(C)C1CCN(CCN)CC1. The van der Waals surface area contributed by atoms with Gasteiger partial charge >= 0.3 is 0 Å². The molecule has 0 spiro atoms. The van der Waals surface area contributed by atoms with E-state index in [1.807, 2.05) is 0 Å².